The maximum Gasteiger partial charge on any atom is 0.291 e. The number of nitrogens with zero attached hydrogens (tertiary/aromatic N) is 1. The molecule has 1 aliphatic heterocycles. The summed E-state index contributed by atoms with van der Waals surface area (Å²) in [4.78, 5) is 8.36. The molecule has 0 spiro atoms. The van der Waals surface area contributed by atoms with Gasteiger partial charge < -0.3 is 10.5 Å². The van der Waals surface area contributed by atoms with E-state index in [-0.39, 0.29) is 0 Å². The van der Waals surface area contributed by atoms with Crippen molar-refractivity contribution in [3.63, 3.8) is 0 Å². The predicted molar refractivity (Wildman–Crippen MR) is 35.5 cm³/mol. The molecule has 1 heterocycles. The SMILES string of the molecule is C1CCNCC1.O=[N+]([O-])O. The van der Waals surface area contributed by atoms with E-state index in [1.54, 1.807) is 0 Å². The Morgan fingerprint density at radius 1 is 1.30 bits per heavy atom. The van der Waals surface area contributed by atoms with Crippen LogP contribution in [0.25, 0.3) is 0 Å². The molecule has 10 heavy (non-hydrogen) atoms. The van der Waals surface area contributed by atoms with Crippen LogP contribution in [-0.4, -0.2) is 23.4 Å². The van der Waals surface area contributed by atoms with Crippen molar-refractivity contribution in [2.45, 2.75) is 19.3 Å². The summed E-state index contributed by atoms with van der Waals surface area (Å²) >= 11 is 0. The first kappa shape index (κ1) is 9.16. The van der Waals surface area contributed by atoms with E-state index >= 15 is 0 Å². The molecule has 0 amide bonds. The van der Waals surface area contributed by atoms with E-state index in [1.807, 2.05) is 0 Å². The second kappa shape index (κ2) is 6.28. The zero-order valence-corrected chi connectivity index (χ0v) is 5.75. The zero-order chi connectivity index (χ0) is 7.82. The summed E-state index contributed by atoms with van der Waals surface area (Å²) in [6.07, 6.45) is 4.22. The molecule has 0 aromatic carbocycles. The minimum absolute atomic E-state index is 1.25. The highest BCUT2D eigenvalue weighted by Gasteiger charge is 1.93. The molecular formula is C5H12N2O3. The third-order valence-electron chi connectivity index (χ3n) is 1.21. The van der Waals surface area contributed by atoms with Gasteiger partial charge in [0.25, 0.3) is 5.09 Å². The molecule has 5 nitrogen and oxygen atoms in total. The van der Waals surface area contributed by atoms with E-state index in [1.165, 1.54) is 32.4 Å². The van der Waals surface area contributed by atoms with Crippen LogP contribution < -0.4 is 5.32 Å². The lowest BCUT2D eigenvalue weighted by Gasteiger charge is -2.08. The van der Waals surface area contributed by atoms with E-state index in [2.05, 4.69) is 5.32 Å². The summed E-state index contributed by atoms with van der Waals surface area (Å²) in [5, 5.41) is 16.9. The monoisotopic (exact) mass is 148 g/mol. The molecule has 1 saturated heterocycles. The summed E-state index contributed by atoms with van der Waals surface area (Å²) in [6, 6.07) is 0. The van der Waals surface area contributed by atoms with Gasteiger partial charge in [0.2, 0.25) is 0 Å². The summed E-state index contributed by atoms with van der Waals surface area (Å²) in [6.45, 7) is 2.50. The number of piperidine rings is 1. The molecule has 2 N–H and O–H groups in total. The largest absolute Gasteiger partial charge is 0.328 e. The number of rotatable bonds is 0. The Bertz CT molecular complexity index is 77.4. The Kier molecular flexibility index (Phi) is 5.75. The average molecular weight is 148 g/mol. The molecule has 0 atom stereocenters. The summed E-state index contributed by atoms with van der Waals surface area (Å²) < 4.78 is 0. The smallest absolute Gasteiger partial charge is 0.291 e. The highest BCUT2D eigenvalue weighted by Crippen LogP contribution is 1.96. The van der Waals surface area contributed by atoms with Crippen LogP contribution in [0.1, 0.15) is 19.3 Å². The van der Waals surface area contributed by atoms with Crippen LogP contribution in [-0.2, 0) is 0 Å². The van der Waals surface area contributed by atoms with Crippen LogP contribution in [0, 0.1) is 10.1 Å². The summed E-state index contributed by atoms with van der Waals surface area (Å²) in [7, 11) is 0. The van der Waals surface area contributed by atoms with Gasteiger partial charge >= 0.3 is 0 Å². The van der Waals surface area contributed by atoms with Crippen molar-refractivity contribution >= 4 is 0 Å². The van der Waals surface area contributed by atoms with Gasteiger partial charge in [-0.15, -0.1) is 10.1 Å². The van der Waals surface area contributed by atoms with Crippen molar-refractivity contribution in [3.05, 3.63) is 10.1 Å². The van der Waals surface area contributed by atoms with Gasteiger partial charge in [-0.1, -0.05) is 6.42 Å². The normalized spacial score (nSPS) is 16.8. The van der Waals surface area contributed by atoms with Gasteiger partial charge in [-0.05, 0) is 25.9 Å². The Balaban J connectivity index is 0.000000180. The molecule has 0 bridgehead atoms. The Hall–Kier alpha value is -0.840. The lowest BCUT2D eigenvalue weighted by Crippen LogP contribution is -2.21. The van der Waals surface area contributed by atoms with Crippen molar-refractivity contribution < 1.29 is 10.3 Å². The molecular weight excluding hydrogens is 136 g/mol. The van der Waals surface area contributed by atoms with E-state index in [0.717, 1.165) is 0 Å². The lowest BCUT2D eigenvalue weighted by molar-refractivity contribution is -0.742. The van der Waals surface area contributed by atoms with Crippen molar-refractivity contribution in [1.82, 2.24) is 5.32 Å². The van der Waals surface area contributed by atoms with Gasteiger partial charge in [-0.2, -0.15) is 0 Å². The average Bonchev–Trinajstić information content (AvgIpc) is 1.90. The van der Waals surface area contributed by atoms with Crippen molar-refractivity contribution in [2.24, 2.45) is 0 Å². The minimum Gasteiger partial charge on any atom is -0.328 e. The zero-order valence-electron chi connectivity index (χ0n) is 5.75. The van der Waals surface area contributed by atoms with E-state index in [4.69, 9.17) is 15.3 Å². The molecule has 60 valence electrons. The molecule has 5 heteroatoms. The van der Waals surface area contributed by atoms with Crippen LogP contribution in [0.4, 0.5) is 0 Å². The van der Waals surface area contributed by atoms with E-state index in [9.17, 15) is 0 Å². The standard InChI is InChI=1S/C5H11N.HNO3/c1-2-4-6-5-3-1;2-1(3)4/h6H,1-5H2;(H,2,3,4). The second-order valence-electron chi connectivity index (χ2n) is 2.05. The fourth-order valence-electron chi connectivity index (χ4n) is 0.802. The fraction of sp³-hybridized carbons (Fsp3) is 1.00. The highest BCUT2D eigenvalue weighted by molar-refractivity contribution is 4.55. The third-order valence-corrected chi connectivity index (χ3v) is 1.21. The first-order valence-electron chi connectivity index (χ1n) is 3.27. The quantitative estimate of drug-likeness (QED) is 0.385. The van der Waals surface area contributed by atoms with Gasteiger partial charge in [0, 0.05) is 0 Å². The predicted octanol–water partition coefficient (Wildman–Crippen LogP) is 0.412. The molecule has 0 unspecified atom stereocenters. The third kappa shape index (κ3) is 10.2. The minimum atomic E-state index is -1.50. The number of hydrogen-bond acceptors (Lipinski definition) is 3. The Labute approximate surface area is 59.2 Å². The molecule has 0 saturated carbocycles. The molecule has 0 radical (unpaired) electrons. The van der Waals surface area contributed by atoms with Gasteiger partial charge in [0.15, 0.2) is 0 Å². The number of nitrogens with one attached hydrogen (secondary N) is 1. The lowest BCUT2D eigenvalue weighted by atomic mass is 10.2. The topological polar surface area (TPSA) is 75.4 Å². The molecule has 1 rings (SSSR count). The van der Waals surface area contributed by atoms with Crippen LogP contribution in [0.3, 0.4) is 0 Å². The maximum absolute atomic E-state index is 8.36. The summed E-state index contributed by atoms with van der Waals surface area (Å²) in [5.74, 6) is 0. The van der Waals surface area contributed by atoms with E-state index in [0.29, 0.717) is 0 Å². The van der Waals surface area contributed by atoms with Gasteiger partial charge in [-0.3, -0.25) is 0 Å². The van der Waals surface area contributed by atoms with Crippen LogP contribution >= 0.6 is 0 Å². The molecule has 0 aliphatic carbocycles. The molecule has 0 aromatic rings. The maximum atomic E-state index is 8.36. The second-order valence-corrected chi connectivity index (χ2v) is 2.05. The van der Waals surface area contributed by atoms with Crippen molar-refractivity contribution in [2.75, 3.05) is 13.1 Å². The Morgan fingerprint density at radius 2 is 1.70 bits per heavy atom. The summed E-state index contributed by atoms with van der Waals surface area (Å²) in [5.41, 5.74) is 0. The van der Waals surface area contributed by atoms with Crippen molar-refractivity contribution in [3.8, 4) is 0 Å². The highest BCUT2D eigenvalue weighted by atomic mass is 16.9. The molecule has 0 aromatic heterocycles. The van der Waals surface area contributed by atoms with Gasteiger partial charge in [-0.25, -0.2) is 0 Å². The van der Waals surface area contributed by atoms with E-state index < -0.39 is 5.09 Å². The van der Waals surface area contributed by atoms with Crippen LogP contribution in [0.5, 0.6) is 0 Å². The molecule has 1 fully saturated rings. The van der Waals surface area contributed by atoms with Crippen LogP contribution in [0.15, 0.2) is 0 Å². The van der Waals surface area contributed by atoms with Crippen molar-refractivity contribution in [1.29, 1.82) is 0 Å². The Morgan fingerprint density at radius 3 is 1.80 bits per heavy atom. The van der Waals surface area contributed by atoms with Crippen LogP contribution in [0.2, 0.25) is 0 Å². The molecule has 1 aliphatic rings. The first-order chi connectivity index (χ1) is 4.73. The number of hydrogen-bond donors (Lipinski definition) is 2. The fourth-order valence-corrected chi connectivity index (χ4v) is 0.802. The van der Waals surface area contributed by atoms with Gasteiger partial charge in [0.05, 0.1) is 0 Å². The first-order valence-corrected chi connectivity index (χ1v) is 3.27. The van der Waals surface area contributed by atoms with Gasteiger partial charge in [0.1, 0.15) is 0 Å².